The second-order valence-electron chi connectivity index (χ2n) is 5.20. The van der Waals surface area contributed by atoms with Crippen molar-refractivity contribution in [3.63, 3.8) is 0 Å². The van der Waals surface area contributed by atoms with Gasteiger partial charge >= 0.3 is 0 Å². The Morgan fingerprint density at radius 3 is 2.38 bits per heavy atom. The van der Waals surface area contributed by atoms with Crippen LogP contribution >= 0.6 is 0 Å². The van der Waals surface area contributed by atoms with Gasteiger partial charge in [0.1, 0.15) is 6.17 Å². The van der Waals surface area contributed by atoms with Crippen molar-refractivity contribution in [3.8, 4) is 0 Å². The van der Waals surface area contributed by atoms with Gasteiger partial charge in [0.05, 0.1) is 13.1 Å². The topological polar surface area (TPSA) is 3.24 Å². The lowest BCUT2D eigenvalue weighted by Crippen LogP contribution is -2.61. The Morgan fingerprint density at radius 2 is 1.94 bits per heavy atom. The highest BCUT2D eigenvalue weighted by Gasteiger charge is 2.48. The lowest BCUT2D eigenvalue weighted by molar-refractivity contribution is -0.153. The van der Waals surface area contributed by atoms with Gasteiger partial charge in [0.25, 0.3) is 5.92 Å². The van der Waals surface area contributed by atoms with E-state index in [4.69, 9.17) is 0 Å². The van der Waals surface area contributed by atoms with Gasteiger partial charge in [0.2, 0.25) is 0 Å². The summed E-state index contributed by atoms with van der Waals surface area (Å²) < 4.78 is 39.2. The SMILES string of the molecule is C=C(C)C1CCC(N2CC(F)(F)C2)CC1F. The van der Waals surface area contributed by atoms with Crippen LogP contribution in [0.25, 0.3) is 0 Å². The Balaban J connectivity index is 1.86. The van der Waals surface area contributed by atoms with Crippen molar-refractivity contribution in [2.75, 3.05) is 13.1 Å². The Labute approximate surface area is 94.3 Å². The molecule has 0 bridgehead atoms. The van der Waals surface area contributed by atoms with Crippen molar-refractivity contribution in [3.05, 3.63) is 12.2 Å². The van der Waals surface area contributed by atoms with Crippen LogP contribution in [0.15, 0.2) is 12.2 Å². The third-order valence-electron chi connectivity index (χ3n) is 3.76. The van der Waals surface area contributed by atoms with E-state index < -0.39 is 12.1 Å². The van der Waals surface area contributed by atoms with Crippen LogP contribution in [-0.4, -0.2) is 36.1 Å². The average molecular weight is 233 g/mol. The summed E-state index contributed by atoms with van der Waals surface area (Å²) in [6.07, 6.45) is 1.02. The first-order valence-corrected chi connectivity index (χ1v) is 5.80. The summed E-state index contributed by atoms with van der Waals surface area (Å²) in [5.74, 6) is -2.62. The zero-order valence-corrected chi connectivity index (χ0v) is 9.56. The minimum absolute atomic E-state index is 0.00484. The monoisotopic (exact) mass is 233 g/mol. The van der Waals surface area contributed by atoms with Gasteiger partial charge in [-0.1, -0.05) is 12.2 Å². The van der Waals surface area contributed by atoms with Crippen LogP contribution in [0.4, 0.5) is 13.2 Å². The molecule has 2 rings (SSSR count). The maximum atomic E-state index is 13.8. The van der Waals surface area contributed by atoms with E-state index in [9.17, 15) is 13.2 Å². The van der Waals surface area contributed by atoms with E-state index in [0.717, 1.165) is 18.4 Å². The first-order valence-electron chi connectivity index (χ1n) is 5.80. The Bertz CT molecular complexity index is 282. The quantitative estimate of drug-likeness (QED) is 0.663. The summed E-state index contributed by atoms with van der Waals surface area (Å²) >= 11 is 0. The molecule has 2 fully saturated rings. The molecule has 1 heterocycles. The van der Waals surface area contributed by atoms with Gasteiger partial charge in [-0.15, -0.1) is 0 Å². The van der Waals surface area contributed by atoms with Gasteiger partial charge in [0, 0.05) is 12.0 Å². The molecule has 0 aromatic rings. The summed E-state index contributed by atoms with van der Waals surface area (Å²) in [6.45, 7) is 5.24. The summed E-state index contributed by atoms with van der Waals surface area (Å²) in [4.78, 5) is 1.71. The Hall–Kier alpha value is -0.510. The van der Waals surface area contributed by atoms with E-state index in [1.165, 1.54) is 0 Å². The normalized spacial score (nSPS) is 39.1. The molecule has 16 heavy (non-hydrogen) atoms. The van der Waals surface area contributed by atoms with Crippen molar-refractivity contribution >= 4 is 0 Å². The predicted molar refractivity (Wildman–Crippen MR) is 57.4 cm³/mol. The van der Waals surface area contributed by atoms with Crippen LogP contribution in [0.2, 0.25) is 0 Å². The van der Waals surface area contributed by atoms with Gasteiger partial charge in [-0.3, -0.25) is 4.90 Å². The summed E-state index contributed by atoms with van der Waals surface area (Å²) in [5, 5.41) is 0. The van der Waals surface area contributed by atoms with Gasteiger partial charge in [0.15, 0.2) is 0 Å². The molecule has 0 amide bonds. The maximum absolute atomic E-state index is 13.8. The molecule has 1 saturated carbocycles. The van der Waals surface area contributed by atoms with Crippen molar-refractivity contribution < 1.29 is 13.2 Å². The highest BCUT2D eigenvalue weighted by Crippen LogP contribution is 2.38. The maximum Gasteiger partial charge on any atom is 0.272 e. The van der Waals surface area contributed by atoms with E-state index in [1.54, 1.807) is 4.90 Å². The number of alkyl halides is 3. The van der Waals surface area contributed by atoms with Gasteiger partial charge in [-0.25, -0.2) is 13.2 Å². The van der Waals surface area contributed by atoms with Crippen molar-refractivity contribution in [1.29, 1.82) is 0 Å². The number of hydrogen-bond donors (Lipinski definition) is 0. The molecular weight excluding hydrogens is 215 g/mol. The fourth-order valence-electron chi connectivity index (χ4n) is 2.79. The lowest BCUT2D eigenvalue weighted by atomic mass is 9.79. The third kappa shape index (κ3) is 2.26. The zero-order valence-electron chi connectivity index (χ0n) is 9.56. The fraction of sp³-hybridized carbons (Fsp3) is 0.833. The lowest BCUT2D eigenvalue weighted by Gasteiger charge is -2.47. The molecule has 4 heteroatoms. The van der Waals surface area contributed by atoms with Crippen LogP contribution in [0.1, 0.15) is 26.2 Å². The number of rotatable bonds is 2. The molecule has 0 N–H and O–H groups in total. The number of hydrogen-bond acceptors (Lipinski definition) is 1. The number of likely N-dealkylation sites (tertiary alicyclic amines) is 1. The summed E-state index contributed by atoms with van der Waals surface area (Å²) in [7, 11) is 0. The fourth-order valence-corrected chi connectivity index (χ4v) is 2.79. The van der Waals surface area contributed by atoms with Crippen LogP contribution in [0, 0.1) is 5.92 Å². The molecule has 1 aliphatic carbocycles. The van der Waals surface area contributed by atoms with Crippen LogP contribution in [0.3, 0.4) is 0 Å². The van der Waals surface area contributed by atoms with E-state index in [-0.39, 0.29) is 25.0 Å². The van der Waals surface area contributed by atoms with Crippen molar-refractivity contribution in [2.24, 2.45) is 5.92 Å². The van der Waals surface area contributed by atoms with Gasteiger partial charge in [-0.05, 0) is 26.2 Å². The highest BCUT2D eigenvalue weighted by atomic mass is 19.3. The molecular formula is C12H18F3N. The zero-order chi connectivity index (χ0) is 11.9. The summed E-state index contributed by atoms with van der Waals surface area (Å²) in [6, 6.07) is 0.00484. The predicted octanol–water partition coefficient (Wildman–Crippen LogP) is 3.02. The number of allylic oxidation sites excluding steroid dienone is 1. The second kappa shape index (κ2) is 4.06. The molecule has 92 valence electrons. The standard InChI is InChI=1S/C12H18F3N/c1-8(2)10-4-3-9(5-11(10)13)16-6-12(14,15)7-16/h9-11H,1,3-7H2,2H3. The van der Waals surface area contributed by atoms with Gasteiger partial charge < -0.3 is 0 Å². The molecule has 0 radical (unpaired) electrons. The highest BCUT2D eigenvalue weighted by molar-refractivity contribution is 5.04. The average Bonchev–Trinajstić information content (AvgIpc) is 2.13. The molecule has 1 saturated heterocycles. The van der Waals surface area contributed by atoms with Gasteiger partial charge in [-0.2, -0.15) is 0 Å². The molecule has 0 aromatic carbocycles. The smallest absolute Gasteiger partial charge is 0.272 e. The van der Waals surface area contributed by atoms with E-state index in [0.29, 0.717) is 6.42 Å². The van der Waals surface area contributed by atoms with Crippen LogP contribution in [0.5, 0.6) is 0 Å². The largest absolute Gasteiger partial charge is 0.288 e. The molecule has 1 aliphatic heterocycles. The Morgan fingerprint density at radius 1 is 1.31 bits per heavy atom. The minimum Gasteiger partial charge on any atom is -0.288 e. The van der Waals surface area contributed by atoms with Crippen LogP contribution < -0.4 is 0 Å². The molecule has 2 aliphatic rings. The van der Waals surface area contributed by atoms with E-state index >= 15 is 0 Å². The van der Waals surface area contributed by atoms with Crippen molar-refractivity contribution in [1.82, 2.24) is 4.90 Å². The molecule has 3 atom stereocenters. The number of nitrogens with zero attached hydrogens (tertiary/aromatic N) is 1. The van der Waals surface area contributed by atoms with Crippen LogP contribution in [-0.2, 0) is 0 Å². The molecule has 0 aromatic heterocycles. The third-order valence-corrected chi connectivity index (χ3v) is 3.76. The molecule has 0 spiro atoms. The molecule has 3 unspecified atom stereocenters. The van der Waals surface area contributed by atoms with E-state index in [2.05, 4.69) is 6.58 Å². The summed E-state index contributed by atoms with van der Waals surface area (Å²) in [5.41, 5.74) is 0.875. The second-order valence-corrected chi connectivity index (χ2v) is 5.20. The molecule has 1 nitrogen and oxygen atoms in total. The van der Waals surface area contributed by atoms with Crippen molar-refractivity contribution in [2.45, 2.75) is 44.3 Å². The Kier molecular flexibility index (Phi) is 3.03. The minimum atomic E-state index is -2.54. The van der Waals surface area contributed by atoms with E-state index in [1.807, 2.05) is 6.92 Å². The number of halogens is 3. The first kappa shape index (κ1) is 12.0. The first-order chi connectivity index (χ1) is 7.39.